The first kappa shape index (κ1) is 20.3. The first-order chi connectivity index (χ1) is 15.3. The van der Waals surface area contributed by atoms with Crippen LogP contribution in [0.2, 0.25) is 0 Å². The van der Waals surface area contributed by atoms with Crippen molar-refractivity contribution in [2.45, 2.75) is 45.7 Å². The second-order valence-electron chi connectivity index (χ2n) is 8.19. The van der Waals surface area contributed by atoms with Gasteiger partial charge in [0.15, 0.2) is 11.4 Å². The summed E-state index contributed by atoms with van der Waals surface area (Å²) in [4.78, 5) is 20.2. The third-order valence-electron chi connectivity index (χ3n) is 5.90. The lowest BCUT2D eigenvalue weighted by molar-refractivity contribution is 0.0609. The summed E-state index contributed by atoms with van der Waals surface area (Å²) in [5.41, 5.74) is 2.66. The third-order valence-corrected chi connectivity index (χ3v) is 5.90. The van der Waals surface area contributed by atoms with E-state index in [2.05, 4.69) is 15.2 Å². The van der Waals surface area contributed by atoms with Crippen LogP contribution >= 0.6 is 0 Å². The summed E-state index contributed by atoms with van der Waals surface area (Å²) >= 11 is 0. The van der Waals surface area contributed by atoms with Crippen molar-refractivity contribution < 1.29 is 18.0 Å². The number of carbonyl (C=O) groups is 1. The molecule has 0 saturated heterocycles. The number of halogens is 2. The number of rotatable bonds is 3. The zero-order chi connectivity index (χ0) is 22.7. The van der Waals surface area contributed by atoms with Crippen molar-refractivity contribution in [2.24, 2.45) is 7.05 Å². The fourth-order valence-electron chi connectivity index (χ4n) is 4.52. The number of anilines is 1. The molecule has 1 amide bonds. The number of hydrogen-bond donors (Lipinski definition) is 0. The average molecular weight is 440 g/mol. The van der Waals surface area contributed by atoms with Crippen molar-refractivity contribution in [3.8, 4) is 11.5 Å². The molecule has 2 atom stereocenters. The maximum Gasteiger partial charge on any atom is 0.260 e. The van der Waals surface area contributed by atoms with E-state index in [0.29, 0.717) is 45.3 Å². The van der Waals surface area contributed by atoms with Crippen molar-refractivity contribution in [2.75, 3.05) is 4.90 Å². The first-order valence-electron chi connectivity index (χ1n) is 10.3. The number of aromatic nitrogens is 5. The normalized spacial score (nSPS) is 18.5. The van der Waals surface area contributed by atoms with Crippen molar-refractivity contribution in [1.82, 2.24) is 24.5 Å². The van der Waals surface area contributed by atoms with Crippen LogP contribution in [0.1, 0.15) is 41.1 Å². The topological polar surface area (TPSA) is 82.0 Å². The summed E-state index contributed by atoms with van der Waals surface area (Å²) in [7, 11) is 1.76. The van der Waals surface area contributed by atoms with Crippen LogP contribution in [0.4, 0.5) is 14.6 Å². The molecule has 8 nitrogen and oxygen atoms in total. The molecular formula is C22H22F2N6O2. The van der Waals surface area contributed by atoms with Gasteiger partial charge < -0.3 is 4.42 Å². The fourth-order valence-corrected chi connectivity index (χ4v) is 4.52. The van der Waals surface area contributed by atoms with Crippen LogP contribution in [0.5, 0.6) is 0 Å². The van der Waals surface area contributed by atoms with E-state index in [1.807, 2.05) is 6.92 Å². The summed E-state index contributed by atoms with van der Waals surface area (Å²) < 4.78 is 35.8. The molecule has 0 spiro atoms. The summed E-state index contributed by atoms with van der Waals surface area (Å²) in [6.45, 7) is 5.32. The lowest BCUT2D eigenvalue weighted by Gasteiger charge is -2.38. The molecule has 1 aliphatic rings. The van der Waals surface area contributed by atoms with Crippen LogP contribution in [-0.4, -0.2) is 42.9 Å². The average Bonchev–Trinajstić information content (AvgIpc) is 3.46. The van der Waals surface area contributed by atoms with Crippen molar-refractivity contribution in [3.63, 3.8) is 0 Å². The number of furan rings is 1. The van der Waals surface area contributed by atoms with Crippen LogP contribution in [-0.2, 0) is 7.05 Å². The first-order valence-corrected chi connectivity index (χ1v) is 10.3. The Morgan fingerprint density at radius 3 is 2.72 bits per heavy atom. The van der Waals surface area contributed by atoms with Gasteiger partial charge in [-0.2, -0.15) is 10.2 Å². The van der Waals surface area contributed by atoms with E-state index in [0.717, 1.165) is 0 Å². The second-order valence-corrected chi connectivity index (χ2v) is 8.19. The SMILES string of the molecule is Cc1cc2n(n1)[C@H](C(F)F)C[C@@H](C)N2C(=O)c1cc(-c2ccco2)nc2c1c(C)nn2C. The van der Waals surface area contributed by atoms with Crippen molar-refractivity contribution in [3.05, 3.63) is 47.5 Å². The van der Waals surface area contributed by atoms with Crippen LogP contribution in [0.15, 0.2) is 34.9 Å². The fraction of sp³-hybridized carbons (Fsp3) is 0.364. The van der Waals surface area contributed by atoms with Gasteiger partial charge in [-0.1, -0.05) is 0 Å². The van der Waals surface area contributed by atoms with E-state index < -0.39 is 18.5 Å². The van der Waals surface area contributed by atoms with E-state index in [9.17, 15) is 13.6 Å². The molecule has 32 heavy (non-hydrogen) atoms. The molecule has 0 radical (unpaired) electrons. The lowest BCUT2D eigenvalue weighted by atomic mass is 10.0. The van der Waals surface area contributed by atoms with Gasteiger partial charge in [-0.3, -0.25) is 14.4 Å². The molecule has 0 bridgehead atoms. The van der Waals surface area contributed by atoms with Gasteiger partial charge in [0.05, 0.1) is 28.6 Å². The Bertz CT molecular complexity index is 1320. The molecule has 10 heteroatoms. The van der Waals surface area contributed by atoms with Crippen molar-refractivity contribution in [1.29, 1.82) is 0 Å². The zero-order valence-electron chi connectivity index (χ0n) is 18.1. The summed E-state index contributed by atoms with van der Waals surface area (Å²) in [5, 5.41) is 9.32. The van der Waals surface area contributed by atoms with E-state index in [1.54, 1.807) is 54.7 Å². The van der Waals surface area contributed by atoms with E-state index in [4.69, 9.17) is 4.42 Å². The molecule has 4 aromatic heterocycles. The van der Waals surface area contributed by atoms with Crippen LogP contribution in [0, 0.1) is 13.8 Å². The number of fused-ring (bicyclic) bond motifs is 2. The van der Waals surface area contributed by atoms with Gasteiger partial charge in [-0.25, -0.2) is 18.4 Å². The highest BCUT2D eigenvalue weighted by molar-refractivity contribution is 6.14. The lowest BCUT2D eigenvalue weighted by Crippen LogP contribution is -2.46. The molecule has 0 aliphatic carbocycles. The molecule has 0 aromatic carbocycles. The van der Waals surface area contributed by atoms with Crippen LogP contribution in [0.3, 0.4) is 0 Å². The van der Waals surface area contributed by atoms with E-state index in [-0.39, 0.29) is 12.3 Å². The quantitative estimate of drug-likeness (QED) is 0.475. The largest absolute Gasteiger partial charge is 0.463 e. The zero-order valence-corrected chi connectivity index (χ0v) is 18.1. The molecule has 4 aromatic rings. The summed E-state index contributed by atoms with van der Waals surface area (Å²) in [5.74, 6) is 0.565. The minimum Gasteiger partial charge on any atom is -0.463 e. The molecule has 5 heterocycles. The van der Waals surface area contributed by atoms with Gasteiger partial charge in [0.1, 0.15) is 17.6 Å². The monoisotopic (exact) mass is 440 g/mol. The standard InChI is InChI=1S/C22H22F2N6O2/c1-11-8-18-29(12(2)9-16(20(23)24)30(18)26-11)22(31)14-10-15(17-6-5-7-32-17)25-21-19(14)13(3)27-28(21)4/h5-8,10,12,16,20H,9H2,1-4H3/t12-,16+/m1/s1. The highest BCUT2D eigenvalue weighted by Gasteiger charge is 2.40. The van der Waals surface area contributed by atoms with Crippen LogP contribution < -0.4 is 4.90 Å². The Labute approximate surface area is 182 Å². The molecular weight excluding hydrogens is 418 g/mol. The van der Waals surface area contributed by atoms with Gasteiger partial charge in [0, 0.05) is 19.2 Å². The maximum absolute atomic E-state index is 14.0. The Morgan fingerprint density at radius 1 is 1.25 bits per heavy atom. The number of pyridine rings is 1. The van der Waals surface area contributed by atoms with Gasteiger partial charge in [-0.15, -0.1) is 0 Å². The molecule has 1 aliphatic heterocycles. The molecule has 0 fully saturated rings. The number of aryl methyl sites for hydroxylation is 3. The smallest absolute Gasteiger partial charge is 0.260 e. The molecule has 0 unspecified atom stereocenters. The summed E-state index contributed by atoms with van der Waals surface area (Å²) in [6.07, 6.45) is -0.940. The highest BCUT2D eigenvalue weighted by Crippen LogP contribution is 2.38. The Kier molecular flexibility index (Phi) is 4.61. The minimum atomic E-state index is -2.58. The van der Waals surface area contributed by atoms with Gasteiger partial charge in [0.25, 0.3) is 12.3 Å². The second kappa shape index (κ2) is 7.25. The Morgan fingerprint density at radius 2 is 2.03 bits per heavy atom. The molecule has 0 saturated carbocycles. The predicted molar refractivity (Wildman–Crippen MR) is 114 cm³/mol. The minimum absolute atomic E-state index is 0.100. The molecule has 0 N–H and O–H groups in total. The number of amides is 1. The third kappa shape index (κ3) is 3.01. The summed E-state index contributed by atoms with van der Waals surface area (Å²) in [6, 6.07) is 5.34. The van der Waals surface area contributed by atoms with Gasteiger partial charge in [-0.05, 0) is 45.4 Å². The van der Waals surface area contributed by atoms with Crippen LogP contribution in [0.25, 0.3) is 22.5 Å². The number of carbonyl (C=O) groups excluding carboxylic acids is 1. The van der Waals surface area contributed by atoms with E-state index in [1.165, 1.54) is 10.9 Å². The Balaban J connectivity index is 1.70. The number of hydrogen-bond acceptors (Lipinski definition) is 5. The van der Waals surface area contributed by atoms with Crippen molar-refractivity contribution >= 4 is 22.8 Å². The number of nitrogens with zero attached hydrogens (tertiary/aromatic N) is 6. The highest BCUT2D eigenvalue weighted by atomic mass is 19.3. The maximum atomic E-state index is 14.0. The Hall–Kier alpha value is -3.56. The number of alkyl halides is 2. The predicted octanol–water partition coefficient (Wildman–Crippen LogP) is 4.29. The van der Waals surface area contributed by atoms with E-state index >= 15 is 0 Å². The van der Waals surface area contributed by atoms with Gasteiger partial charge in [0.2, 0.25) is 0 Å². The molecule has 5 rings (SSSR count). The molecule has 166 valence electrons. The van der Waals surface area contributed by atoms with Gasteiger partial charge >= 0.3 is 0 Å².